The van der Waals surface area contributed by atoms with E-state index in [1.165, 1.54) is 50.6 Å². The summed E-state index contributed by atoms with van der Waals surface area (Å²) >= 11 is 0. The van der Waals surface area contributed by atoms with E-state index in [4.69, 9.17) is 4.74 Å². The van der Waals surface area contributed by atoms with Crippen LogP contribution in [0.25, 0.3) is 0 Å². The van der Waals surface area contributed by atoms with Gasteiger partial charge in [-0.3, -0.25) is 4.79 Å². The summed E-state index contributed by atoms with van der Waals surface area (Å²) in [5, 5.41) is 2.50. The number of esters is 3. The first-order chi connectivity index (χ1) is 13.4. The standard InChI is InChI=1S/C19H18N2O7/c1-4-28-19(25)14-7-5-6-13(20-14)16(22)21-15-10-11(17(23)26-2)8-9-12(15)18(24)27-3/h5-10H,4H2,1-3H3,(H,21,22). The van der Waals surface area contributed by atoms with Gasteiger partial charge >= 0.3 is 17.9 Å². The van der Waals surface area contributed by atoms with E-state index in [1.807, 2.05) is 0 Å². The van der Waals surface area contributed by atoms with Gasteiger partial charge in [0.25, 0.3) is 5.91 Å². The van der Waals surface area contributed by atoms with Crippen molar-refractivity contribution in [2.75, 3.05) is 26.1 Å². The largest absolute Gasteiger partial charge is 0.465 e. The van der Waals surface area contributed by atoms with Gasteiger partial charge in [0, 0.05) is 0 Å². The van der Waals surface area contributed by atoms with E-state index in [-0.39, 0.29) is 34.8 Å². The lowest BCUT2D eigenvalue weighted by molar-refractivity contribution is 0.0517. The molecule has 0 aliphatic heterocycles. The van der Waals surface area contributed by atoms with Crippen LogP contribution in [0.2, 0.25) is 0 Å². The van der Waals surface area contributed by atoms with Crippen LogP contribution in [-0.4, -0.2) is 49.6 Å². The highest BCUT2D eigenvalue weighted by molar-refractivity contribution is 6.08. The van der Waals surface area contributed by atoms with Crippen LogP contribution >= 0.6 is 0 Å². The molecule has 0 saturated carbocycles. The topological polar surface area (TPSA) is 121 Å². The molecule has 9 nitrogen and oxygen atoms in total. The van der Waals surface area contributed by atoms with E-state index >= 15 is 0 Å². The van der Waals surface area contributed by atoms with Crippen LogP contribution in [-0.2, 0) is 14.2 Å². The summed E-state index contributed by atoms with van der Waals surface area (Å²) in [6, 6.07) is 8.25. The van der Waals surface area contributed by atoms with Gasteiger partial charge in [0.05, 0.1) is 37.6 Å². The van der Waals surface area contributed by atoms with Crippen LogP contribution in [0.4, 0.5) is 5.69 Å². The van der Waals surface area contributed by atoms with Gasteiger partial charge in [0.15, 0.2) is 0 Å². The first kappa shape index (κ1) is 20.6. The lowest BCUT2D eigenvalue weighted by Crippen LogP contribution is -2.19. The predicted octanol–water partition coefficient (Wildman–Crippen LogP) is 2.08. The maximum absolute atomic E-state index is 12.6. The Labute approximate surface area is 160 Å². The molecule has 1 aromatic heterocycles. The first-order valence-corrected chi connectivity index (χ1v) is 8.17. The van der Waals surface area contributed by atoms with Gasteiger partial charge < -0.3 is 19.5 Å². The Kier molecular flexibility index (Phi) is 6.80. The zero-order valence-electron chi connectivity index (χ0n) is 15.5. The number of hydrogen-bond donors (Lipinski definition) is 1. The Bertz CT molecular complexity index is 924. The molecule has 1 aromatic carbocycles. The van der Waals surface area contributed by atoms with E-state index in [2.05, 4.69) is 19.8 Å². The summed E-state index contributed by atoms with van der Waals surface area (Å²) in [5.41, 5.74) is 0.0719. The van der Waals surface area contributed by atoms with Crippen molar-refractivity contribution in [1.29, 1.82) is 0 Å². The summed E-state index contributed by atoms with van der Waals surface area (Å²) in [4.78, 5) is 52.0. The van der Waals surface area contributed by atoms with Crippen LogP contribution in [0.15, 0.2) is 36.4 Å². The molecule has 0 bridgehead atoms. The number of methoxy groups -OCH3 is 2. The molecule has 0 aliphatic rings. The van der Waals surface area contributed by atoms with Crippen molar-refractivity contribution in [1.82, 2.24) is 4.98 Å². The van der Waals surface area contributed by atoms with Crippen molar-refractivity contribution in [3.05, 3.63) is 58.9 Å². The zero-order chi connectivity index (χ0) is 20.7. The van der Waals surface area contributed by atoms with Crippen molar-refractivity contribution in [3.8, 4) is 0 Å². The molecule has 0 saturated heterocycles. The number of pyridine rings is 1. The zero-order valence-corrected chi connectivity index (χ0v) is 15.5. The maximum Gasteiger partial charge on any atom is 0.356 e. The van der Waals surface area contributed by atoms with Crippen molar-refractivity contribution in [3.63, 3.8) is 0 Å². The van der Waals surface area contributed by atoms with Crippen LogP contribution in [0.1, 0.15) is 48.6 Å². The molecule has 0 spiro atoms. The Balaban J connectivity index is 2.36. The number of aromatic nitrogens is 1. The molecule has 0 unspecified atom stereocenters. The Morgan fingerprint density at radius 1 is 0.929 bits per heavy atom. The number of ether oxygens (including phenoxy) is 3. The number of carbonyl (C=O) groups is 4. The lowest BCUT2D eigenvalue weighted by Gasteiger charge is -2.11. The van der Waals surface area contributed by atoms with E-state index in [0.29, 0.717) is 0 Å². The minimum Gasteiger partial charge on any atom is -0.465 e. The van der Waals surface area contributed by atoms with Gasteiger partial charge in [-0.2, -0.15) is 0 Å². The smallest absolute Gasteiger partial charge is 0.356 e. The second-order valence-electron chi connectivity index (χ2n) is 5.33. The molecule has 0 fully saturated rings. The minimum atomic E-state index is -0.708. The van der Waals surface area contributed by atoms with Crippen molar-refractivity contribution >= 4 is 29.5 Å². The molecule has 0 aliphatic carbocycles. The molecule has 0 radical (unpaired) electrons. The van der Waals surface area contributed by atoms with Crippen LogP contribution < -0.4 is 5.32 Å². The fraction of sp³-hybridized carbons (Fsp3) is 0.211. The monoisotopic (exact) mass is 386 g/mol. The third-order valence-corrected chi connectivity index (χ3v) is 3.56. The average molecular weight is 386 g/mol. The Hall–Kier alpha value is -3.75. The Morgan fingerprint density at radius 3 is 2.25 bits per heavy atom. The molecule has 9 heteroatoms. The number of hydrogen-bond acceptors (Lipinski definition) is 8. The molecule has 1 amide bonds. The maximum atomic E-state index is 12.6. The molecular weight excluding hydrogens is 368 g/mol. The summed E-state index contributed by atoms with van der Waals surface area (Å²) in [7, 11) is 2.39. The molecular formula is C19H18N2O7. The summed E-state index contributed by atoms with van der Waals surface area (Å²) < 4.78 is 14.2. The van der Waals surface area contributed by atoms with Gasteiger partial charge in [0.2, 0.25) is 0 Å². The van der Waals surface area contributed by atoms with E-state index < -0.39 is 23.8 Å². The van der Waals surface area contributed by atoms with Crippen molar-refractivity contribution < 1.29 is 33.4 Å². The quantitative estimate of drug-likeness (QED) is 0.592. The summed E-state index contributed by atoms with van der Waals surface area (Å²) in [6.45, 7) is 1.82. The first-order valence-electron chi connectivity index (χ1n) is 8.17. The lowest BCUT2D eigenvalue weighted by atomic mass is 10.1. The number of carbonyl (C=O) groups excluding carboxylic acids is 4. The highest BCUT2D eigenvalue weighted by Gasteiger charge is 2.19. The van der Waals surface area contributed by atoms with Crippen LogP contribution in [0, 0.1) is 0 Å². The van der Waals surface area contributed by atoms with E-state index in [9.17, 15) is 19.2 Å². The van der Waals surface area contributed by atoms with E-state index in [1.54, 1.807) is 6.92 Å². The van der Waals surface area contributed by atoms with Crippen molar-refractivity contribution in [2.24, 2.45) is 0 Å². The number of nitrogens with zero attached hydrogens (tertiary/aromatic N) is 1. The highest BCUT2D eigenvalue weighted by Crippen LogP contribution is 2.20. The van der Waals surface area contributed by atoms with E-state index in [0.717, 1.165) is 0 Å². The second-order valence-corrected chi connectivity index (χ2v) is 5.33. The van der Waals surface area contributed by atoms with Crippen LogP contribution in [0.3, 0.4) is 0 Å². The Morgan fingerprint density at radius 2 is 1.61 bits per heavy atom. The molecule has 2 aromatic rings. The fourth-order valence-electron chi connectivity index (χ4n) is 2.25. The normalized spacial score (nSPS) is 9.96. The van der Waals surface area contributed by atoms with Gasteiger partial charge in [-0.1, -0.05) is 6.07 Å². The molecule has 2 rings (SSSR count). The van der Waals surface area contributed by atoms with Crippen LogP contribution in [0.5, 0.6) is 0 Å². The number of benzene rings is 1. The molecule has 1 heterocycles. The average Bonchev–Trinajstić information content (AvgIpc) is 2.72. The number of rotatable bonds is 6. The van der Waals surface area contributed by atoms with Gasteiger partial charge in [-0.05, 0) is 37.3 Å². The number of nitrogens with one attached hydrogen (secondary N) is 1. The van der Waals surface area contributed by atoms with Gasteiger partial charge in [-0.25, -0.2) is 19.4 Å². The van der Waals surface area contributed by atoms with Gasteiger partial charge in [0.1, 0.15) is 11.4 Å². The molecule has 1 N–H and O–H groups in total. The minimum absolute atomic E-state index is 0.0306. The summed E-state index contributed by atoms with van der Waals surface area (Å²) in [5.74, 6) is -2.72. The SMILES string of the molecule is CCOC(=O)c1cccc(C(=O)Nc2cc(C(=O)OC)ccc2C(=O)OC)n1. The second kappa shape index (κ2) is 9.26. The number of amides is 1. The third-order valence-electron chi connectivity index (χ3n) is 3.56. The highest BCUT2D eigenvalue weighted by atomic mass is 16.5. The number of anilines is 1. The fourth-order valence-corrected chi connectivity index (χ4v) is 2.25. The summed E-state index contributed by atoms with van der Waals surface area (Å²) in [6.07, 6.45) is 0. The third kappa shape index (κ3) is 4.70. The van der Waals surface area contributed by atoms with Gasteiger partial charge in [-0.15, -0.1) is 0 Å². The molecule has 28 heavy (non-hydrogen) atoms. The van der Waals surface area contributed by atoms with Crippen molar-refractivity contribution in [2.45, 2.75) is 6.92 Å². The molecule has 0 atom stereocenters. The predicted molar refractivity (Wildman–Crippen MR) is 97.3 cm³/mol. The molecule has 146 valence electrons.